The molecule has 2 amide bonds. The summed E-state index contributed by atoms with van der Waals surface area (Å²) < 4.78 is 5.17. The molecule has 0 radical (unpaired) electrons. The fraction of sp³-hybridized carbons (Fsp3) is 0.556. The number of benzene rings is 1. The van der Waals surface area contributed by atoms with Crippen LogP contribution in [0.3, 0.4) is 0 Å². The number of rotatable bonds is 5. The second-order valence-electron chi connectivity index (χ2n) is 6.52. The van der Waals surface area contributed by atoms with E-state index in [2.05, 4.69) is 10.6 Å². The number of anilines is 1. The van der Waals surface area contributed by atoms with Crippen LogP contribution in [0.4, 0.5) is 10.5 Å². The third kappa shape index (κ3) is 5.93. The van der Waals surface area contributed by atoms with Gasteiger partial charge >= 0.3 is 6.09 Å². The van der Waals surface area contributed by atoms with E-state index in [9.17, 15) is 9.59 Å². The van der Waals surface area contributed by atoms with Gasteiger partial charge in [0.05, 0.1) is 0 Å². The van der Waals surface area contributed by atoms with Crippen molar-refractivity contribution in [2.45, 2.75) is 66.0 Å². The first kappa shape index (κ1) is 19.0. The first-order valence-corrected chi connectivity index (χ1v) is 8.09. The topological polar surface area (TPSA) is 67.4 Å². The highest BCUT2D eigenvalue weighted by atomic mass is 16.6. The van der Waals surface area contributed by atoms with Crippen molar-refractivity contribution in [1.82, 2.24) is 5.32 Å². The number of hydrogen-bond donors (Lipinski definition) is 2. The standard InChI is InChI=1S/C18H28N2O3/c1-7-13-10-9-11-14(8-2)15(13)20-16(21)12(3)19-17(22)23-18(4,5)6/h9-12H,7-8H2,1-6H3,(H,19,22)(H,20,21). The molecular weight excluding hydrogens is 292 g/mol. The first-order chi connectivity index (χ1) is 10.7. The van der Waals surface area contributed by atoms with Crippen molar-refractivity contribution < 1.29 is 14.3 Å². The van der Waals surface area contributed by atoms with E-state index < -0.39 is 17.7 Å². The Labute approximate surface area is 138 Å². The lowest BCUT2D eigenvalue weighted by Gasteiger charge is -2.22. The Morgan fingerprint density at radius 1 is 1.13 bits per heavy atom. The highest BCUT2D eigenvalue weighted by molar-refractivity contribution is 5.97. The molecule has 0 aliphatic rings. The molecule has 128 valence electrons. The summed E-state index contributed by atoms with van der Waals surface area (Å²) in [4.78, 5) is 24.1. The predicted molar refractivity (Wildman–Crippen MR) is 92.7 cm³/mol. The molecule has 0 aliphatic heterocycles. The maximum atomic E-state index is 12.4. The number of ether oxygens (including phenoxy) is 1. The van der Waals surface area contributed by atoms with Crippen molar-refractivity contribution in [2.24, 2.45) is 0 Å². The molecule has 0 spiro atoms. The predicted octanol–water partition coefficient (Wildman–Crippen LogP) is 3.66. The molecular formula is C18H28N2O3. The van der Waals surface area contributed by atoms with Gasteiger partial charge in [0.1, 0.15) is 11.6 Å². The van der Waals surface area contributed by atoms with Crippen molar-refractivity contribution in [3.63, 3.8) is 0 Å². The summed E-state index contributed by atoms with van der Waals surface area (Å²) in [6.07, 6.45) is 1.06. The smallest absolute Gasteiger partial charge is 0.408 e. The summed E-state index contributed by atoms with van der Waals surface area (Å²) >= 11 is 0. The number of para-hydroxylation sites is 1. The summed E-state index contributed by atoms with van der Waals surface area (Å²) in [6, 6.07) is 5.32. The Hall–Kier alpha value is -2.04. The number of carbonyl (C=O) groups excluding carboxylic acids is 2. The van der Waals surface area contributed by atoms with Gasteiger partial charge in [0.25, 0.3) is 0 Å². The number of amides is 2. The van der Waals surface area contributed by atoms with Gasteiger partial charge in [-0.3, -0.25) is 4.79 Å². The molecule has 0 bridgehead atoms. The van der Waals surface area contributed by atoms with Crippen LogP contribution in [0.1, 0.15) is 52.7 Å². The van der Waals surface area contributed by atoms with Gasteiger partial charge in [0, 0.05) is 5.69 Å². The van der Waals surface area contributed by atoms with Gasteiger partial charge in [-0.15, -0.1) is 0 Å². The van der Waals surface area contributed by atoms with Gasteiger partial charge in [0.15, 0.2) is 0 Å². The molecule has 0 saturated carbocycles. The van der Waals surface area contributed by atoms with E-state index >= 15 is 0 Å². The molecule has 23 heavy (non-hydrogen) atoms. The van der Waals surface area contributed by atoms with E-state index in [0.29, 0.717) is 0 Å². The van der Waals surface area contributed by atoms with Crippen LogP contribution < -0.4 is 10.6 Å². The maximum absolute atomic E-state index is 12.4. The lowest BCUT2D eigenvalue weighted by Crippen LogP contribution is -2.44. The van der Waals surface area contributed by atoms with Gasteiger partial charge in [-0.05, 0) is 51.7 Å². The van der Waals surface area contributed by atoms with Gasteiger partial charge in [-0.2, -0.15) is 0 Å². The number of carbonyl (C=O) groups is 2. The zero-order valence-corrected chi connectivity index (χ0v) is 14.9. The molecule has 1 rings (SSSR count). The molecule has 1 aromatic rings. The van der Waals surface area contributed by atoms with E-state index in [1.54, 1.807) is 27.7 Å². The van der Waals surface area contributed by atoms with Crippen LogP contribution in [-0.2, 0) is 22.4 Å². The minimum absolute atomic E-state index is 0.258. The molecule has 2 N–H and O–H groups in total. The zero-order chi connectivity index (χ0) is 17.6. The van der Waals surface area contributed by atoms with Crippen molar-refractivity contribution in [3.05, 3.63) is 29.3 Å². The summed E-state index contributed by atoms with van der Waals surface area (Å²) in [7, 11) is 0. The Balaban J connectivity index is 2.78. The van der Waals surface area contributed by atoms with Gasteiger partial charge in [0.2, 0.25) is 5.91 Å². The second kappa shape index (κ2) is 7.99. The summed E-state index contributed by atoms with van der Waals surface area (Å²) in [5.41, 5.74) is 2.43. The van der Waals surface area contributed by atoms with Crippen molar-refractivity contribution in [2.75, 3.05) is 5.32 Å². The van der Waals surface area contributed by atoms with Crippen LogP contribution in [0, 0.1) is 0 Å². The monoisotopic (exact) mass is 320 g/mol. The van der Waals surface area contributed by atoms with E-state index in [0.717, 1.165) is 29.7 Å². The Morgan fingerprint density at radius 2 is 1.65 bits per heavy atom. The van der Waals surface area contributed by atoms with Crippen LogP contribution in [-0.4, -0.2) is 23.6 Å². The number of hydrogen-bond acceptors (Lipinski definition) is 3. The summed E-state index contributed by atoms with van der Waals surface area (Å²) in [5.74, 6) is -0.258. The maximum Gasteiger partial charge on any atom is 0.408 e. The van der Waals surface area contributed by atoms with Gasteiger partial charge < -0.3 is 15.4 Å². The lowest BCUT2D eigenvalue weighted by atomic mass is 10.0. The van der Waals surface area contributed by atoms with E-state index in [1.807, 2.05) is 32.0 Å². The molecule has 1 aromatic carbocycles. The molecule has 1 unspecified atom stereocenters. The fourth-order valence-electron chi connectivity index (χ4n) is 2.18. The zero-order valence-electron chi connectivity index (χ0n) is 14.9. The molecule has 1 atom stereocenters. The third-order valence-corrected chi connectivity index (χ3v) is 3.37. The SMILES string of the molecule is CCc1cccc(CC)c1NC(=O)C(C)NC(=O)OC(C)(C)C. The van der Waals surface area contributed by atoms with Crippen molar-refractivity contribution in [1.29, 1.82) is 0 Å². The molecule has 5 nitrogen and oxygen atoms in total. The van der Waals surface area contributed by atoms with E-state index in [1.165, 1.54) is 0 Å². The highest BCUT2D eigenvalue weighted by Gasteiger charge is 2.22. The molecule has 0 fully saturated rings. The van der Waals surface area contributed by atoms with Gasteiger partial charge in [-0.1, -0.05) is 32.0 Å². The van der Waals surface area contributed by atoms with Crippen molar-refractivity contribution >= 4 is 17.7 Å². The number of alkyl carbamates (subject to hydrolysis) is 1. The van der Waals surface area contributed by atoms with Crippen LogP contribution in [0.2, 0.25) is 0 Å². The minimum Gasteiger partial charge on any atom is -0.444 e. The quantitative estimate of drug-likeness (QED) is 0.870. The lowest BCUT2D eigenvalue weighted by molar-refractivity contribution is -0.117. The highest BCUT2D eigenvalue weighted by Crippen LogP contribution is 2.22. The summed E-state index contributed by atoms with van der Waals surface area (Å²) in [5, 5.41) is 5.50. The molecule has 0 heterocycles. The second-order valence-corrected chi connectivity index (χ2v) is 6.52. The Morgan fingerprint density at radius 3 is 2.09 bits per heavy atom. The fourth-order valence-corrected chi connectivity index (χ4v) is 2.18. The van der Waals surface area contributed by atoms with Crippen LogP contribution in [0.5, 0.6) is 0 Å². The molecule has 5 heteroatoms. The first-order valence-electron chi connectivity index (χ1n) is 8.09. The summed E-state index contributed by atoms with van der Waals surface area (Å²) in [6.45, 7) is 11.1. The minimum atomic E-state index is -0.681. The average Bonchev–Trinajstić information content (AvgIpc) is 2.45. The third-order valence-electron chi connectivity index (χ3n) is 3.37. The normalized spacial score (nSPS) is 12.4. The average molecular weight is 320 g/mol. The van der Waals surface area contributed by atoms with Crippen LogP contribution in [0.15, 0.2) is 18.2 Å². The molecule has 0 aromatic heterocycles. The number of nitrogens with one attached hydrogen (secondary N) is 2. The van der Waals surface area contributed by atoms with E-state index in [-0.39, 0.29) is 5.91 Å². The van der Waals surface area contributed by atoms with Crippen LogP contribution in [0.25, 0.3) is 0 Å². The van der Waals surface area contributed by atoms with Crippen LogP contribution >= 0.6 is 0 Å². The largest absolute Gasteiger partial charge is 0.444 e. The molecule has 0 aliphatic carbocycles. The van der Waals surface area contributed by atoms with E-state index in [4.69, 9.17) is 4.74 Å². The Kier molecular flexibility index (Phi) is 6.61. The number of aryl methyl sites for hydroxylation is 2. The Bertz CT molecular complexity index is 540. The van der Waals surface area contributed by atoms with Crippen molar-refractivity contribution in [3.8, 4) is 0 Å². The molecule has 0 saturated heterocycles. The van der Waals surface area contributed by atoms with Gasteiger partial charge in [-0.25, -0.2) is 4.79 Å².